The zero-order chi connectivity index (χ0) is 22.7. The van der Waals surface area contributed by atoms with Crippen LogP contribution in [0.25, 0.3) is 0 Å². The Labute approximate surface area is 195 Å². The summed E-state index contributed by atoms with van der Waals surface area (Å²) < 4.78 is 19.4. The van der Waals surface area contributed by atoms with Gasteiger partial charge in [-0.3, -0.25) is 4.79 Å². The SMILES string of the molecule is CC(=O)c1cc(F)ccc1Oc1ccc(N2CC[C@H](Sc3ccc(Cl)cn3)C2)c(CO)c1. The zero-order valence-corrected chi connectivity index (χ0v) is 19.0. The highest BCUT2D eigenvalue weighted by molar-refractivity contribution is 7.99. The van der Waals surface area contributed by atoms with Crippen LogP contribution in [0.3, 0.4) is 0 Å². The number of thioether (sulfide) groups is 1. The van der Waals surface area contributed by atoms with Gasteiger partial charge in [0.25, 0.3) is 0 Å². The quantitative estimate of drug-likeness (QED) is 0.443. The average Bonchev–Trinajstić information content (AvgIpc) is 3.24. The summed E-state index contributed by atoms with van der Waals surface area (Å²) in [7, 11) is 0. The van der Waals surface area contributed by atoms with Crippen molar-refractivity contribution in [1.29, 1.82) is 0 Å². The van der Waals surface area contributed by atoms with Gasteiger partial charge in [0.05, 0.1) is 22.2 Å². The summed E-state index contributed by atoms with van der Waals surface area (Å²) in [5.74, 6) is -0.0236. The number of rotatable bonds is 7. The van der Waals surface area contributed by atoms with E-state index in [2.05, 4.69) is 9.88 Å². The number of aliphatic hydroxyl groups is 1. The summed E-state index contributed by atoms with van der Waals surface area (Å²) in [6.07, 6.45) is 2.65. The Hall–Kier alpha value is -2.61. The maximum Gasteiger partial charge on any atom is 0.163 e. The summed E-state index contributed by atoms with van der Waals surface area (Å²) in [4.78, 5) is 18.4. The summed E-state index contributed by atoms with van der Waals surface area (Å²) in [5, 5.41) is 11.9. The fourth-order valence-corrected chi connectivity index (χ4v) is 4.89. The number of benzene rings is 2. The van der Waals surface area contributed by atoms with Gasteiger partial charge in [0.2, 0.25) is 0 Å². The van der Waals surface area contributed by atoms with Gasteiger partial charge in [-0.05, 0) is 61.9 Å². The Morgan fingerprint density at radius 3 is 2.84 bits per heavy atom. The van der Waals surface area contributed by atoms with Crippen molar-refractivity contribution in [2.45, 2.75) is 30.2 Å². The maximum atomic E-state index is 13.5. The van der Waals surface area contributed by atoms with Gasteiger partial charge in [0, 0.05) is 35.8 Å². The number of Topliss-reactive ketones (excluding diaryl/α,β-unsaturated/α-hetero) is 1. The molecule has 1 atom stereocenters. The highest BCUT2D eigenvalue weighted by atomic mass is 35.5. The molecule has 1 fully saturated rings. The number of carbonyl (C=O) groups excluding carboxylic acids is 1. The molecule has 5 nitrogen and oxygen atoms in total. The van der Waals surface area contributed by atoms with Crippen molar-refractivity contribution in [3.05, 3.63) is 76.7 Å². The number of aromatic nitrogens is 1. The smallest absolute Gasteiger partial charge is 0.163 e. The molecule has 1 aromatic heterocycles. The molecule has 1 aliphatic rings. The first-order valence-electron chi connectivity index (χ1n) is 10.2. The third-order valence-electron chi connectivity index (χ3n) is 5.24. The summed E-state index contributed by atoms with van der Waals surface area (Å²) in [5.41, 5.74) is 1.84. The normalized spacial score (nSPS) is 15.8. The highest BCUT2D eigenvalue weighted by Crippen LogP contribution is 2.35. The molecule has 0 bridgehead atoms. The first kappa shape index (κ1) is 22.6. The topological polar surface area (TPSA) is 62.7 Å². The van der Waals surface area contributed by atoms with E-state index >= 15 is 0 Å². The van der Waals surface area contributed by atoms with Gasteiger partial charge in [-0.15, -0.1) is 11.8 Å². The minimum Gasteiger partial charge on any atom is -0.457 e. The van der Waals surface area contributed by atoms with Crippen LogP contribution in [0.15, 0.2) is 59.8 Å². The molecule has 2 aromatic carbocycles. The average molecular weight is 473 g/mol. The molecule has 1 aliphatic heterocycles. The fourth-order valence-electron chi connectivity index (χ4n) is 3.70. The number of nitrogens with zero attached hydrogens (tertiary/aromatic N) is 2. The molecule has 3 aromatic rings. The number of aliphatic hydroxyl groups excluding tert-OH is 1. The second kappa shape index (κ2) is 9.90. The summed E-state index contributed by atoms with van der Waals surface area (Å²) in [6, 6.07) is 13.1. The van der Waals surface area contributed by atoms with Crippen LogP contribution >= 0.6 is 23.4 Å². The molecule has 1 saturated heterocycles. The lowest BCUT2D eigenvalue weighted by Gasteiger charge is -2.22. The number of ether oxygens (including phenoxy) is 1. The van der Waals surface area contributed by atoms with Crippen molar-refractivity contribution >= 4 is 34.8 Å². The van der Waals surface area contributed by atoms with Gasteiger partial charge in [-0.2, -0.15) is 0 Å². The van der Waals surface area contributed by atoms with E-state index in [4.69, 9.17) is 16.3 Å². The van der Waals surface area contributed by atoms with Gasteiger partial charge in [0.15, 0.2) is 5.78 Å². The number of hydrogen-bond acceptors (Lipinski definition) is 6. The second-order valence-electron chi connectivity index (χ2n) is 7.54. The molecule has 8 heteroatoms. The monoisotopic (exact) mass is 472 g/mol. The van der Waals surface area contributed by atoms with E-state index in [-0.39, 0.29) is 23.7 Å². The van der Waals surface area contributed by atoms with E-state index in [1.807, 2.05) is 18.2 Å². The minimum absolute atomic E-state index is 0.150. The lowest BCUT2D eigenvalue weighted by molar-refractivity contribution is 0.101. The molecule has 0 aliphatic carbocycles. The predicted molar refractivity (Wildman–Crippen MR) is 125 cm³/mol. The van der Waals surface area contributed by atoms with E-state index < -0.39 is 5.82 Å². The van der Waals surface area contributed by atoms with Crippen molar-refractivity contribution < 1.29 is 19.0 Å². The van der Waals surface area contributed by atoms with Gasteiger partial charge < -0.3 is 14.7 Å². The van der Waals surface area contributed by atoms with E-state index in [1.54, 1.807) is 30.1 Å². The van der Waals surface area contributed by atoms with Crippen LogP contribution < -0.4 is 9.64 Å². The van der Waals surface area contributed by atoms with E-state index in [0.717, 1.165) is 41.9 Å². The van der Waals surface area contributed by atoms with Crippen LogP contribution in [-0.4, -0.2) is 34.2 Å². The molecule has 0 radical (unpaired) electrons. The van der Waals surface area contributed by atoms with Crippen LogP contribution in [0.2, 0.25) is 5.02 Å². The summed E-state index contributed by atoms with van der Waals surface area (Å²) in [6.45, 7) is 2.91. The third kappa shape index (κ3) is 5.23. The molecule has 2 heterocycles. The number of halogens is 2. The maximum absolute atomic E-state index is 13.5. The summed E-state index contributed by atoms with van der Waals surface area (Å²) >= 11 is 7.63. The Kier molecular flexibility index (Phi) is 6.98. The van der Waals surface area contributed by atoms with Crippen LogP contribution in [0, 0.1) is 5.82 Å². The highest BCUT2D eigenvalue weighted by Gasteiger charge is 2.25. The number of pyridine rings is 1. The Morgan fingerprint density at radius 2 is 2.12 bits per heavy atom. The number of ketones is 1. The fraction of sp³-hybridized carbons (Fsp3) is 0.250. The zero-order valence-electron chi connectivity index (χ0n) is 17.4. The molecule has 166 valence electrons. The van der Waals surface area contributed by atoms with Crippen LogP contribution in [0.4, 0.5) is 10.1 Å². The Balaban J connectivity index is 1.48. The molecule has 1 N–H and O–H groups in total. The van der Waals surface area contributed by atoms with Crippen molar-refractivity contribution in [2.75, 3.05) is 18.0 Å². The molecule has 0 amide bonds. The minimum atomic E-state index is -0.496. The molecular formula is C24H22ClFN2O3S. The van der Waals surface area contributed by atoms with E-state index in [9.17, 15) is 14.3 Å². The largest absolute Gasteiger partial charge is 0.457 e. The predicted octanol–water partition coefficient (Wildman–Crippen LogP) is 5.73. The number of hydrogen-bond donors (Lipinski definition) is 1. The van der Waals surface area contributed by atoms with Crippen molar-refractivity contribution in [3.8, 4) is 11.5 Å². The number of carbonyl (C=O) groups is 1. The van der Waals surface area contributed by atoms with E-state index in [1.165, 1.54) is 19.1 Å². The molecule has 0 unspecified atom stereocenters. The first-order chi connectivity index (χ1) is 15.4. The lowest BCUT2D eigenvalue weighted by Crippen LogP contribution is -2.21. The third-order valence-corrected chi connectivity index (χ3v) is 6.67. The van der Waals surface area contributed by atoms with Crippen LogP contribution in [-0.2, 0) is 6.61 Å². The van der Waals surface area contributed by atoms with E-state index in [0.29, 0.717) is 16.0 Å². The number of anilines is 1. The first-order valence-corrected chi connectivity index (χ1v) is 11.4. The van der Waals surface area contributed by atoms with Crippen molar-refractivity contribution in [3.63, 3.8) is 0 Å². The van der Waals surface area contributed by atoms with Crippen LogP contribution in [0.1, 0.15) is 29.3 Å². The standard InChI is InChI=1S/C24H22ClFN2O3S/c1-15(30)21-11-18(26)3-6-23(21)31-19-4-5-22(16(10-19)14-29)28-9-8-20(13-28)32-24-7-2-17(25)12-27-24/h2-7,10-12,20,29H,8-9,13-14H2,1H3/t20-/m0/s1. The lowest BCUT2D eigenvalue weighted by atomic mass is 10.1. The van der Waals surface area contributed by atoms with Crippen LogP contribution in [0.5, 0.6) is 11.5 Å². The Morgan fingerprint density at radius 1 is 1.28 bits per heavy atom. The molecular weight excluding hydrogens is 451 g/mol. The molecule has 0 spiro atoms. The van der Waals surface area contributed by atoms with Gasteiger partial charge in [0.1, 0.15) is 17.3 Å². The molecule has 32 heavy (non-hydrogen) atoms. The molecule has 4 rings (SSSR count). The van der Waals surface area contributed by atoms with Gasteiger partial charge >= 0.3 is 0 Å². The Bertz CT molecular complexity index is 1130. The van der Waals surface area contributed by atoms with Crippen molar-refractivity contribution in [2.24, 2.45) is 0 Å². The van der Waals surface area contributed by atoms with Crippen molar-refractivity contribution in [1.82, 2.24) is 4.98 Å². The van der Waals surface area contributed by atoms with Gasteiger partial charge in [-0.1, -0.05) is 11.6 Å². The van der Waals surface area contributed by atoms with Gasteiger partial charge in [-0.25, -0.2) is 9.37 Å². The second-order valence-corrected chi connectivity index (χ2v) is 9.29. The molecule has 0 saturated carbocycles.